The Morgan fingerprint density at radius 2 is 0.395 bits per heavy atom. The number of hydrogen-bond donors (Lipinski definition) is 0. The van der Waals surface area contributed by atoms with Crippen LogP contribution in [0.5, 0.6) is 0 Å². The van der Waals surface area contributed by atoms with Crippen molar-refractivity contribution in [3.05, 3.63) is 350 Å². The van der Waals surface area contributed by atoms with Crippen molar-refractivity contribution in [1.82, 2.24) is 4.98 Å². The Balaban J connectivity index is 1.07. The van der Waals surface area contributed by atoms with Crippen molar-refractivity contribution in [2.75, 3.05) is 14.7 Å². The quantitative estimate of drug-likeness (QED) is 0.0955. The Morgan fingerprint density at radius 1 is 0.184 bits per heavy atom. The number of nitrogens with zero attached hydrogens (tertiary/aromatic N) is 4. The summed E-state index contributed by atoms with van der Waals surface area (Å²) in [5, 5.41) is 0. The summed E-state index contributed by atoms with van der Waals surface area (Å²) >= 11 is 0. The maximum absolute atomic E-state index is 5.19. The monoisotopic (exact) mass is 974 g/mol. The molecule has 0 radical (unpaired) electrons. The van der Waals surface area contributed by atoms with Gasteiger partial charge in [-0.3, -0.25) is 0 Å². The second kappa shape index (κ2) is 21.6. The molecule has 4 nitrogen and oxygen atoms in total. The van der Waals surface area contributed by atoms with E-state index in [0.29, 0.717) is 0 Å². The second-order valence-corrected chi connectivity index (χ2v) is 18.8. The van der Waals surface area contributed by atoms with Crippen LogP contribution in [0.2, 0.25) is 0 Å². The van der Waals surface area contributed by atoms with Crippen LogP contribution in [-0.4, -0.2) is 4.98 Å². The standard InChI is InChI=1S/C72H54N4/c1-8-23-55(24-9-1)70-37-22-38-71(73-70)56-39-41-57(42-40-56)72(58-43-49-67(50-44-58)74(61-25-10-2-11-26-61)62-27-12-3-13-28-62,59-45-51-68(52-46-59)75(63-29-14-4-15-30-63)64-31-16-5-17-32-64)60-47-53-69(54-48-60)76(65-33-18-6-19-34-65)66-35-20-7-21-36-66/h1-54H. The first-order chi connectivity index (χ1) is 37.7. The fourth-order valence-electron chi connectivity index (χ4n) is 10.6. The van der Waals surface area contributed by atoms with Gasteiger partial charge in [-0.15, -0.1) is 0 Å². The molecule has 4 heteroatoms. The highest BCUT2D eigenvalue weighted by molar-refractivity contribution is 5.81. The van der Waals surface area contributed by atoms with Gasteiger partial charge >= 0.3 is 0 Å². The molecule has 0 aliphatic carbocycles. The average molecular weight is 975 g/mol. The van der Waals surface area contributed by atoms with Crippen LogP contribution in [0.25, 0.3) is 22.5 Å². The van der Waals surface area contributed by atoms with Crippen LogP contribution in [0, 0.1) is 0 Å². The van der Waals surface area contributed by atoms with Gasteiger partial charge < -0.3 is 14.7 Å². The van der Waals surface area contributed by atoms with E-state index in [1.165, 1.54) is 0 Å². The zero-order chi connectivity index (χ0) is 50.9. The van der Waals surface area contributed by atoms with Gasteiger partial charge in [-0.05, 0) is 144 Å². The topological polar surface area (TPSA) is 22.6 Å². The molecule has 76 heavy (non-hydrogen) atoms. The fourth-order valence-corrected chi connectivity index (χ4v) is 10.6. The lowest BCUT2D eigenvalue weighted by molar-refractivity contribution is 0.745. The molecule has 0 saturated heterocycles. The van der Waals surface area contributed by atoms with E-state index in [1.807, 2.05) is 6.07 Å². The number of pyridine rings is 1. The van der Waals surface area contributed by atoms with Crippen LogP contribution in [-0.2, 0) is 5.41 Å². The number of para-hydroxylation sites is 6. The molecule has 0 bridgehead atoms. The lowest BCUT2D eigenvalue weighted by atomic mass is 9.65. The summed E-state index contributed by atoms with van der Waals surface area (Å²) in [6.45, 7) is 0. The highest BCUT2D eigenvalue weighted by Crippen LogP contribution is 2.49. The predicted molar refractivity (Wildman–Crippen MR) is 317 cm³/mol. The van der Waals surface area contributed by atoms with Gasteiger partial charge in [0.05, 0.1) is 16.8 Å². The van der Waals surface area contributed by atoms with Crippen molar-refractivity contribution in [2.45, 2.75) is 5.41 Å². The summed E-state index contributed by atoms with van der Waals surface area (Å²) in [5.41, 5.74) is 17.4. The van der Waals surface area contributed by atoms with E-state index in [9.17, 15) is 0 Å². The van der Waals surface area contributed by atoms with E-state index in [4.69, 9.17) is 4.98 Å². The average Bonchev–Trinajstić information content (AvgIpc) is 3.51. The zero-order valence-electron chi connectivity index (χ0n) is 42.0. The molecule has 1 aromatic heterocycles. The van der Waals surface area contributed by atoms with Crippen molar-refractivity contribution < 1.29 is 0 Å². The van der Waals surface area contributed by atoms with Gasteiger partial charge in [0.2, 0.25) is 0 Å². The van der Waals surface area contributed by atoms with Crippen molar-refractivity contribution in [3.63, 3.8) is 0 Å². The third-order valence-electron chi connectivity index (χ3n) is 14.2. The molecular weight excluding hydrogens is 921 g/mol. The Kier molecular flexibility index (Phi) is 13.4. The van der Waals surface area contributed by atoms with Crippen molar-refractivity contribution in [3.8, 4) is 22.5 Å². The van der Waals surface area contributed by atoms with Crippen molar-refractivity contribution in [1.29, 1.82) is 0 Å². The lowest BCUT2D eigenvalue weighted by Gasteiger charge is -2.38. The molecule has 0 N–H and O–H groups in total. The van der Waals surface area contributed by atoms with Crippen LogP contribution < -0.4 is 14.7 Å². The van der Waals surface area contributed by atoms with Gasteiger partial charge in [-0.25, -0.2) is 4.98 Å². The summed E-state index contributed by atoms with van der Waals surface area (Å²) in [5.74, 6) is 0. The van der Waals surface area contributed by atoms with Crippen LogP contribution in [0.15, 0.2) is 328 Å². The van der Waals surface area contributed by atoms with E-state index in [-0.39, 0.29) is 0 Å². The molecule has 0 aliphatic rings. The number of aromatic nitrogens is 1. The Hall–Kier alpha value is -10.0. The van der Waals surface area contributed by atoms with Gasteiger partial charge in [0.25, 0.3) is 0 Å². The minimum absolute atomic E-state index is 0.813. The molecular formula is C72H54N4. The van der Waals surface area contributed by atoms with E-state index in [1.54, 1.807) is 0 Å². The van der Waals surface area contributed by atoms with E-state index in [2.05, 4.69) is 336 Å². The summed E-state index contributed by atoms with van der Waals surface area (Å²) < 4.78 is 0. The molecule has 0 amide bonds. The lowest BCUT2D eigenvalue weighted by Crippen LogP contribution is -2.31. The first kappa shape index (κ1) is 47.0. The first-order valence-electron chi connectivity index (χ1n) is 25.9. The van der Waals surface area contributed by atoms with Crippen molar-refractivity contribution in [2.24, 2.45) is 0 Å². The first-order valence-corrected chi connectivity index (χ1v) is 25.9. The van der Waals surface area contributed by atoms with Crippen LogP contribution >= 0.6 is 0 Å². The van der Waals surface area contributed by atoms with Gasteiger partial charge in [0.15, 0.2) is 0 Å². The fraction of sp³-hybridized carbons (Fsp3) is 0.0139. The highest BCUT2D eigenvalue weighted by atomic mass is 15.2. The molecule has 12 aromatic rings. The molecule has 12 rings (SSSR count). The van der Waals surface area contributed by atoms with E-state index >= 15 is 0 Å². The van der Waals surface area contributed by atoms with E-state index in [0.717, 1.165) is 96.0 Å². The third kappa shape index (κ3) is 9.43. The SMILES string of the molecule is c1ccc(-c2cccc(-c3ccc(C(c4ccc(N(c5ccccc5)c5ccccc5)cc4)(c4ccc(N(c5ccccc5)c5ccccc5)cc4)c4ccc(N(c5ccccc5)c5ccccc5)cc4)cc3)n2)cc1. The molecule has 0 atom stereocenters. The van der Waals surface area contributed by atoms with Crippen LogP contribution in [0.1, 0.15) is 22.3 Å². The van der Waals surface area contributed by atoms with Gasteiger partial charge in [-0.1, -0.05) is 206 Å². The normalized spacial score (nSPS) is 11.2. The number of benzene rings is 11. The number of anilines is 9. The Bertz CT molecular complexity index is 3330. The molecule has 0 spiro atoms. The zero-order valence-corrected chi connectivity index (χ0v) is 42.0. The molecule has 11 aromatic carbocycles. The predicted octanol–water partition coefficient (Wildman–Crippen LogP) is 19.2. The molecule has 362 valence electrons. The largest absolute Gasteiger partial charge is 0.311 e. The molecule has 1 heterocycles. The number of hydrogen-bond acceptors (Lipinski definition) is 4. The summed E-state index contributed by atoms with van der Waals surface area (Å²) in [6, 6.07) is 117. The summed E-state index contributed by atoms with van der Waals surface area (Å²) in [7, 11) is 0. The van der Waals surface area contributed by atoms with Gasteiger partial charge in [-0.2, -0.15) is 0 Å². The molecule has 0 fully saturated rings. The minimum Gasteiger partial charge on any atom is -0.311 e. The minimum atomic E-state index is -0.813. The summed E-state index contributed by atoms with van der Waals surface area (Å²) in [6.07, 6.45) is 0. The number of rotatable bonds is 15. The second-order valence-electron chi connectivity index (χ2n) is 18.8. The molecule has 0 aliphatic heterocycles. The highest BCUT2D eigenvalue weighted by Gasteiger charge is 2.39. The Morgan fingerprint density at radius 3 is 0.658 bits per heavy atom. The smallest absolute Gasteiger partial charge is 0.0709 e. The van der Waals surface area contributed by atoms with Crippen molar-refractivity contribution >= 4 is 51.2 Å². The van der Waals surface area contributed by atoms with Gasteiger partial charge in [0.1, 0.15) is 0 Å². The molecule has 0 saturated carbocycles. The van der Waals surface area contributed by atoms with Crippen LogP contribution in [0.4, 0.5) is 51.2 Å². The van der Waals surface area contributed by atoms with Crippen LogP contribution in [0.3, 0.4) is 0 Å². The van der Waals surface area contributed by atoms with Gasteiger partial charge in [0, 0.05) is 62.3 Å². The van der Waals surface area contributed by atoms with E-state index < -0.39 is 5.41 Å². The maximum Gasteiger partial charge on any atom is 0.0709 e. The third-order valence-corrected chi connectivity index (χ3v) is 14.2. The Labute approximate surface area is 446 Å². The molecule has 0 unspecified atom stereocenters. The summed E-state index contributed by atoms with van der Waals surface area (Å²) in [4.78, 5) is 12.2. The maximum atomic E-state index is 5.19.